The van der Waals surface area contributed by atoms with E-state index in [2.05, 4.69) is 11.4 Å². The number of aliphatic carboxylic acids is 1. The Bertz CT molecular complexity index is 1480. The summed E-state index contributed by atoms with van der Waals surface area (Å²) < 4.78 is 13.7. The van der Waals surface area contributed by atoms with Gasteiger partial charge in [-0.05, 0) is 72.9 Å². The molecular formula is C29H24ClFN4O3. The Morgan fingerprint density at radius 2 is 1.95 bits per heavy atom. The van der Waals surface area contributed by atoms with Crippen LogP contribution in [-0.2, 0) is 11.2 Å². The van der Waals surface area contributed by atoms with Gasteiger partial charge in [0.1, 0.15) is 11.9 Å². The highest BCUT2D eigenvalue weighted by molar-refractivity contribution is 6.32. The molecule has 38 heavy (non-hydrogen) atoms. The SMILES string of the molecule is N#Cc1ccc(N2N=C3c4ccc(C(=O)NCCCC(=O)O)cc4CC[C@@H]3[C@@H]2c2ccc(F)cc2)cc1Cl. The molecule has 0 fully saturated rings. The predicted octanol–water partition coefficient (Wildman–Crippen LogP) is 5.47. The lowest BCUT2D eigenvalue weighted by Gasteiger charge is -2.31. The van der Waals surface area contributed by atoms with Crippen LogP contribution >= 0.6 is 11.6 Å². The average molecular weight is 531 g/mol. The zero-order chi connectivity index (χ0) is 26.8. The van der Waals surface area contributed by atoms with Crippen molar-refractivity contribution < 1.29 is 19.1 Å². The van der Waals surface area contributed by atoms with Gasteiger partial charge in [0, 0.05) is 30.0 Å². The molecule has 0 aromatic heterocycles. The van der Waals surface area contributed by atoms with Crippen LogP contribution in [0.1, 0.15) is 57.9 Å². The van der Waals surface area contributed by atoms with E-state index in [1.165, 1.54) is 12.1 Å². The summed E-state index contributed by atoms with van der Waals surface area (Å²) in [5.41, 5.74) is 5.38. The van der Waals surface area contributed by atoms with Gasteiger partial charge >= 0.3 is 5.97 Å². The maximum atomic E-state index is 13.7. The van der Waals surface area contributed by atoms with Crippen molar-refractivity contribution in [1.82, 2.24) is 5.32 Å². The maximum absolute atomic E-state index is 13.7. The van der Waals surface area contributed by atoms with E-state index in [1.807, 2.05) is 17.1 Å². The van der Waals surface area contributed by atoms with Crippen LogP contribution in [0.5, 0.6) is 0 Å². The number of nitrogens with one attached hydrogen (secondary N) is 1. The standard InChI is InChI=1S/C29H24ClFN4O3/c30-25-15-22(10-5-20(25)16-32)35-28(17-3-8-21(31)9-4-17)24-12-6-18-14-19(7-11-23(18)27(24)34-35)29(38)33-13-1-2-26(36)37/h3-5,7-11,14-15,24,28H,1-2,6,12-13H2,(H,33,38)(H,36,37)/t24-,28-/m0/s1. The molecule has 0 saturated heterocycles. The Hall–Kier alpha value is -4.22. The highest BCUT2D eigenvalue weighted by Crippen LogP contribution is 2.46. The van der Waals surface area contributed by atoms with Gasteiger partial charge < -0.3 is 10.4 Å². The molecule has 0 radical (unpaired) electrons. The van der Waals surface area contributed by atoms with Gasteiger partial charge in [-0.25, -0.2) is 4.39 Å². The van der Waals surface area contributed by atoms with Crippen LogP contribution in [0.25, 0.3) is 0 Å². The maximum Gasteiger partial charge on any atom is 0.303 e. The second kappa shape index (κ2) is 10.6. The third-order valence-electron chi connectivity index (χ3n) is 6.98. The number of nitrogens with zero attached hydrogens (tertiary/aromatic N) is 3. The van der Waals surface area contributed by atoms with Crippen LogP contribution in [0.2, 0.25) is 5.02 Å². The zero-order valence-corrected chi connectivity index (χ0v) is 21.1. The summed E-state index contributed by atoms with van der Waals surface area (Å²) in [6, 6.07) is 19.0. The third-order valence-corrected chi connectivity index (χ3v) is 7.29. The van der Waals surface area contributed by atoms with E-state index in [-0.39, 0.29) is 30.1 Å². The summed E-state index contributed by atoms with van der Waals surface area (Å²) >= 11 is 6.35. The lowest BCUT2D eigenvalue weighted by molar-refractivity contribution is -0.137. The molecular weight excluding hydrogens is 507 g/mol. The van der Waals surface area contributed by atoms with Crippen LogP contribution in [0.15, 0.2) is 65.8 Å². The molecule has 1 aliphatic heterocycles. The topological polar surface area (TPSA) is 106 Å². The molecule has 2 N–H and O–H groups in total. The lowest BCUT2D eigenvalue weighted by Crippen LogP contribution is -2.29. The third kappa shape index (κ3) is 4.98. The van der Waals surface area contributed by atoms with Gasteiger partial charge in [-0.15, -0.1) is 0 Å². The first kappa shape index (κ1) is 25.4. The Morgan fingerprint density at radius 1 is 1.16 bits per heavy atom. The number of carbonyl (C=O) groups excluding carboxylic acids is 1. The van der Waals surface area contributed by atoms with Crippen LogP contribution in [0, 0.1) is 23.1 Å². The molecule has 192 valence electrons. The Kier molecular flexibility index (Phi) is 7.12. The zero-order valence-electron chi connectivity index (χ0n) is 20.3. The Labute approximate surface area is 224 Å². The van der Waals surface area contributed by atoms with Crippen molar-refractivity contribution in [1.29, 1.82) is 5.26 Å². The minimum atomic E-state index is -0.892. The van der Waals surface area contributed by atoms with Gasteiger partial charge in [0.2, 0.25) is 0 Å². The number of nitriles is 1. The first-order chi connectivity index (χ1) is 18.4. The lowest BCUT2D eigenvalue weighted by atomic mass is 9.77. The number of carboxylic acid groups (broad SMARTS) is 1. The smallest absolute Gasteiger partial charge is 0.303 e. The molecule has 1 heterocycles. The molecule has 7 nitrogen and oxygen atoms in total. The van der Waals surface area contributed by atoms with E-state index in [0.29, 0.717) is 29.1 Å². The molecule has 0 unspecified atom stereocenters. The van der Waals surface area contributed by atoms with Gasteiger partial charge in [0.25, 0.3) is 5.91 Å². The number of hydrazone groups is 1. The van der Waals surface area contributed by atoms with Crippen LogP contribution in [0.4, 0.5) is 10.1 Å². The summed E-state index contributed by atoms with van der Waals surface area (Å²) in [4.78, 5) is 23.3. The number of anilines is 1. The van der Waals surface area contributed by atoms with Gasteiger partial charge in [-0.2, -0.15) is 10.4 Å². The van der Waals surface area contributed by atoms with Crippen LogP contribution < -0.4 is 10.3 Å². The first-order valence-electron chi connectivity index (χ1n) is 12.3. The molecule has 3 aromatic carbocycles. The number of benzene rings is 3. The number of fused-ring (bicyclic) bond motifs is 3. The molecule has 1 amide bonds. The molecule has 0 saturated carbocycles. The van der Waals surface area contributed by atoms with Gasteiger partial charge in [-0.1, -0.05) is 29.8 Å². The first-order valence-corrected chi connectivity index (χ1v) is 12.7. The van der Waals surface area contributed by atoms with E-state index in [1.54, 1.807) is 36.4 Å². The fourth-order valence-electron chi connectivity index (χ4n) is 5.16. The van der Waals surface area contributed by atoms with Crippen molar-refractivity contribution in [3.05, 3.63) is 99.3 Å². The average Bonchev–Trinajstić information content (AvgIpc) is 3.31. The summed E-state index contributed by atoms with van der Waals surface area (Å²) in [5, 5.41) is 28.1. The number of carboxylic acids is 1. The monoisotopic (exact) mass is 530 g/mol. The summed E-state index contributed by atoms with van der Waals surface area (Å²) in [6.45, 7) is 0.290. The van der Waals surface area contributed by atoms with Crippen molar-refractivity contribution in [2.24, 2.45) is 11.0 Å². The Morgan fingerprint density at radius 3 is 2.66 bits per heavy atom. The number of aryl methyl sites for hydroxylation is 1. The Balaban J connectivity index is 1.47. The van der Waals surface area contributed by atoms with Gasteiger partial charge in [0.15, 0.2) is 0 Å². The van der Waals surface area contributed by atoms with Crippen molar-refractivity contribution in [3.8, 4) is 6.07 Å². The highest BCUT2D eigenvalue weighted by atomic mass is 35.5. The quantitative estimate of drug-likeness (QED) is 0.394. The minimum Gasteiger partial charge on any atom is -0.481 e. The molecule has 0 spiro atoms. The minimum absolute atomic E-state index is 0.00184. The molecule has 2 aliphatic rings. The normalized spacial score (nSPS) is 17.7. The molecule has 5 rings (SSSR count). The largest absolute Gasteiger partial charge is 0.481 e. The van der Waals surface area contributed by atoms with Crippen LogP contribution in [-0.4, -0.2) is 29.2 Å². The fraction of sp³-hybridized carbons (Fsp3) is 0.241. The summed E-state index contributed by atoms with van der Waals surface area (Å²) in [5.74, 6) is -1.43. The van der Waals surface area contributed by atoms with E-state index in [4.69, 9.17) is 21.8 Å². The van der Waals surface area contributed by atoms with Crippen molar-refractivity contribution in [2.75, 3.05) is 11.6 Å². The van der Waals surface area contributed by atoms with E-state index >= 15 is 0 Å². The predicted molar refractivity (Wildman–Crippen MR) is 142 cm³/mol. The number of hydrogen-bond donors (Lipinski definition) is 2. The number of amides is 1. The van der Waals surface area contributed by atoms with E-state index < -0.39 is 5.97 Å². The van der Waals surface area contributed by atoms with E-state index in [9.17, 15) is 19.2 Å². The second-order valence-corrected chi connectivity index (χ2v) is 9.78. The summed E-state index contributed by atoms with van der Waals surface area (Å²) in [6.07, 6.45) is 1.88. The highest BCUT2D eigenvalue weighted by Gasteiger charge is 2.42. The number of rotatable bonds is 7. The number of halogens is 2. The number of hydrogen-bond acceptors (Lipinski definition) is 5. The molecule has 3 aromatic rings. The van der Waals surface area contributed by atoms with Gasteiger partial charge in [0.05, 0.1) is 28.0 Å². The van der Waals surface area contributed by atoms with Crippen molar-refractivity contribution in [3.63, 3.8) is 0 Å². The number of carbonyl (C=O) groups is 2. The van der Waals surface area contributed by atoms with Crippen molar-refractivity contribution in [2.45, 2.75) is 31.7 Å². The van der Waals surface area contributed by atoms with E-state index in [0.717, 1.165) is 40.9 Å². The second-order valence-electron chi connectivity index (χ2n) is 9.37. The molecule has 9 heteroatoms. The molecule has 0 bridgehead atoms. The fourth-order valence-corrected chi connectivity index (χ4v) is 5.37. The van der Waals surface area contributed by atoms with Gasteiger partial charge in [-0.3, -0.25) is 14.6 Å². The molecule has 2 atom stereocenters. The van der Waals surface area contributed by atoms with Crippen LogP contribution in [0.3, 0.4) is 0 Å². The van der Waals surface area contributed by atoms with Crippen molar-refractivity contribution >= 4 is 34.9 Å². The summed E-state index contributed by atoms with van der Waals surface area (Å²) in [7, 11) is 0. The molecule has 1 aliphatic carbocycles.